The van der Waals surface area contributed by atoms with Crippen LogP contribution in [0.3, 0.4) is 0 Å². The Morgan fingerprint density at radius 3 is 3.08 bits per heavy atom. The second kappa shape index (κ2) is 3.27. The minimum absolute atomic E-state index is 0.737. The van der Waals surface area contributed by atoms with E-state index in [1.165, 1.54) is 24.2 Å². The van der Waals surface area contributed by atoms with Gasteiger partial charge in [-0.15, -0.1) is 11.3 Å². The van der Waals surface area contributed by atoms with E-state index in [1.807, 2.05) is 5.38 Å². The molecular formula is C9H10O2S. The Balaban J connectivity index is 1.88. The summed E-state index contributed by atoms with van der Waals surface area (Å²) < 4.78 is 5.46. The van der Waals surface area contributed by atoms with Gasteiger partial charge in [0.1, 0.15) is 5.75 Å². The predicted octanol–water partition coefficient (Wildman–Crippen LogP) is 2.35. The molecule has 0 saturated heterocycles. The lowest BCUT2D eigenvalue weighted by atomic mass is 10.4. The lowest BCUT2D eigenvalue weighted by molar-refractivity contribution is 0.112. The molecule has 0 aromatic carbocycles. The summed E-state index contributed by atoms with van der Waals surface area (Å²) in [5.41, 5.74) is 0. The fourth-order valence-electron chi connectivity index (χ4n) is 0.970. The van der Waals surface area contributed by atoms with Gasteiger partial charge in [0, 0.05) is 11.4 Å². The van der Waals surface area contributed by atoms with Crippen molar-refractivity contribution in [1.82, 2.24) is 0 Å². The van der Waals surface area contributed by atoms with Crippen molar-refractivity contribution < 1.29 is 9.53 Å². The number of aldehydes is 1. The number of thiophene rings is 1. The zero-order valence-electron chi connectivity index (χ0n) is 6.66. The molecule has 0 unspecified atom stereocenters. The molecule has 0 bridgehead atoms. The lowest BCUT2D eigenvalue weighted by Crippen LogP contribution is -1.97. The van der Waals surface area contributed by atoms with Crippen molar-refractivity contribution in [3.05, 3.63) is 16.3 Å². The molecular weight excluding hydrogens is 172 g/mol. The lowest BCUT2D eigenvalue weighted by Gasteiger charge is -1.99. The normalized spacial score (nSPS) is 16.0. The topological polar surface area (TPSA) is 26.3 Å². The fraction of sp³-hybridized carbons (Fsp3) is 0.444. The van der Waals surface area contributed by atoms with Gasteiger partial charge in [-0.05, 0) is 18.8 Å². The Morgan fingerprint density at radius 2 is 2.50 bits per heavy atom. The minimum Gasteiger partial charge on any atom is -0.492 e. The molecule has 0 spiro atoms. The van der Waals surface area contributed by atoms with Gasteiger partial charge >= 0.3 is 0 Å². The van der Waals surface area contributed by atoms with Gasteiger partial charge in [0.05, 0.1) is 11.5 Å². The van der Waals surface area contributed by atoms with E-state index in [4.69, 9.17) is 4.74 Å². The van der Waals surface area contributed by atoms with Crippen LogP contribution in [0.1, 0.15) is 22.5 Å². The molecule has 0 radical (unpaired) electrons. The molecule has 1 aliphatic rings. The third-order valence-corrected chi connectivity index (χ3v) is 2.73. The van der Waals surface area contributed by atoms with Crippen molar-refractivity contribution in [3.8, 4) is 5.75 Å². The van der Waals surface area contributed by atoms with Crippen LogP contribution >= 0.6 is 11.3 Å². The standard InChI is InChI=1S/C9H10O2S/c10-4-9-3-8(6-12-9)11-5-7-1-2-7/h3-4,6-7H,1-2,5H2. The van der Waals surface area contributed by atoms with E-state index in [-0.39, 0.29) is 0 Å². The Bertz CT molecular complexity index is 276. The largest absolute Gasteiger partial charge is 0.492 e. The third kappa shape index (κ3) is 1.85. The molecule has 1 fully saturated rings. The van der Waals surface area contributed by atoms with Gasteiger partial charge in [0.15, 0.2) is 6.29 Å². The third-order valence-electron chi connectivity index (χ3n) is 1.89. The average molecular weight is 182 g/mol. The molecule has 0 atom stereocenters. The minimum atomic E-state index is 0.737. The Morgan fingerprint density at radius 1 is 1.67 bits per heavy atom. The summed E-state index contributed by atoms with van der Waals surface area (Å²) in [4.78, 5) is 11.1. The highest BCUT2D eigenvalue weighted by molar-refractivity contribution is 7.11. The van der Waals surface area contributed by atoms with E-state index in [0.717, 1.165) is 29.4 Å². The van der Waals surface area contributed by atoms with Gasteiger partial charge in [-0.2, -0.15) is 0 Å². The molecule has 1 saturated carbocycles. The van der Waals surface area contributed by atoms with Crippen LogP contribution in [0, 0.1) is 5.92 Å². The highest BCUT2D eigenvalue weighted by Crippen LogP contribution is 2.30. The quantitative estimate of drug-likeness (QED) is 0.668. The summed E-state index contributed by atoms with van der Waals surface area (Å²) in [5, 5.41) is 1.88. The second-order valence-corrected chi connectivity index (χ2v) is 4.00. The number of carbonyl (C=O) groups is 1. The van der Waals surface area contributed by atoms with Crippen LogP contribution in [-0.4, -0.2) is 12.9 Å². The Kier molecular flexibility index (Phi) is 2.13. The first-order valence-electron chi connectivity index (χ1n) is 4.05. The van der Waals surface area contributed by atoms with E-state index in [1.54, 1.807) is 6.07 Å². The van der Waals surface area contributed by atoms with Crippen molar-refractivity contribution in [2.45, 2.75) is 12.8 Å². The maximum Gasteiger partial charge on any atom is 0.160 e. The van der Waals surface area contributed by atoms with Crippen molar-refractivity contribution in [3.63, 3.8) is 0 Å². The van der Waals surface area contributed by atoms with Crippen molar-refractivity contribution in [2.24, 2.45) is 5.92 Å². The molecule has 3 heteroatoms. The first-order chi connectivity index (χ1) is 5.88. The Labute approximate surface area is 75.2 Å². The van der Waals surface area contributed by atoms with Gasteiger partial charge in [-0.25, -0.2) is 0 Å². The van der Waals surface area contributed by atoms with Crippen LogP contribution in [-0.2, 0) is 0 Å². The molecule has 1 aliphatic carbocycles. The molecule has 2 nitrogen and oxygen atoms in total. The number of hydrogen-bond acceptors (Lipinski definition) is 3. The van der Waals surface area contributed by atoms with Crippen LogP contribution in [0.2, 0.25) is 0 Å². The van der Waals surface area contributed by atoms with Crippen LogP contribution in [0.5, 0.6) is 5.75 Å². The van der Waals surface area contributed by atoms with Crippen LogP contribution in [0.4, 0.5) is 0 Å². The predicted molar refractivity (Wildman–Crippen MR) is 47.9 cm³/mol. The smallest absolute Gasteiger partial charge is 0.160 e. The molecule has 1 heterocycles. The first-order valence-corrected chi connectivity index (χ1v) is 4.93. The number of ether oxygens (including phenoxy) is 1. The number of carbonyl (C=O) groups excluding carboxylic acids is 1. The van der Waals surface area contributed by atoms with Crippen molar-refractivity contribution in [1.29, 1.82) is 0 Å². The van der Waals surface area contributed by atoms with Crippen LogP contribution in [0.15, 0.2) is 11.4 Å². The highest BCUT2D eigenvalue weighted by Gasteiger charge is 2.21. The summed E-state index contributed by atoms with van der Waals surface area (Å²) in [5.74, 6) is 1.61. The summed E-state index contributed by atoms with van der Waals surface area (Å²) in [6.07, 6.45) is 3.45. The second-order valence-electron chi connectivity index (χ2n) is 3.06. The van der Waals surface area contributed by atoms with Crippen molar-refractivity contribution >= 4 is 17.6 Å². The monoisotopic (exact) mass is 182 g/mol. The SMILES string of the molecule is O=Cc1cc(OCC2CC2)cs1. The zero-order valence-corrected chi connectivity index (χ0v) is 7.47. The first kappa shape index (κ1) is 7.80. The van der Waals surface area contributed by atoms with E-state index in [0.29, 0.717) is 0 Å². The molecule has 0 N–H and O–H groups in total. The van der Waals surface area contributed by atoms with Gasteiger partial charge in [-0.1, -0.05) is 0 Å². The van der Waals surface area contributed by atoms with E-state index >= 15 is 0 Å². The molecule has 0 amide bonds. The molecule has 64 valence electrons. The fourth-order valence-corrected chi connectivity index (χ4v) is 1.60. The molecule has 2 rings (SSSR count). The van der Waals surface area contributed by atoms with Crippen LogP contribution < -0.4 is 4.74 Å². The summed E-state index contributed by atoms with van der Waals surface area (Å²) >= 11 is 1.43. The van der Waals surface area contributed by atoms with Gasteiger partial charge in [-0.3, -0.25) is 4.79 Å². The maximum atomic E-state index is 10.3. The van der Waals surface area contributed by atoms with E-state index < -0.39 is 0 Å². The molecule has 0 aliphatic heterocycles. The summed E-state index contributed by atoms with van der Waals surface area (Å²) in [7, 11) is 0. The highest BCUT2D eigenvalue weighted by atomic mass is 32.1. The van der Waals surface area contributed by atoms with Crippen molar-refractivity contribution in [2.75, 3.05) is 6.61 Å². The van der Waals surface area contributed by atoms with Gasteiger partial charge in [0.25, 0.3) is 0 Å². The maximum absolute atomic E-state index is 10.3. The number of hydrogen-bond donors (Lipinski definition) is 0. The summed E-state index contributed by atoms with van der Waals surface area (Å²) in [6.45, 7) is 0.815. The molecule has 1 aromatic heterocycles. The van der Waals surface area contributed by atoms with Gasteiger partial charge in [0.2, 0.25) is 0 Å². The molecule has 1 aromatic rings. The number of rotatable bonds is 4. The van der Waals surface area contributed by atoms with Gasteiger partial charge < -0.3 is 4.74 Å². The Hall–Kier alpha value is -0.830. The summed E-state index contributed by atoms with van der Waals surface area (Å²) in [6, 6.07) is 1.79. The van der Waals surface area contributed by atoms with E-state index in [9.17, 15) is 4.79 Å². The average Bonchev–Trinajstić information content (AvgIpc) is 2.81. The molecule has 12 heavy (non-hydrogen) atoms. The van der Waals surface area contributed by atoms with Crippen LogP contribution in [0.25, 0.3) is 0 Å². The van der Waals surface area contributed by atoms with E-state index in [2.05, 4.69) is 0 Å². The zero-order chi connectivity index (χ0) is 8.39.